The zero-order valence-corrected chi connectivity index (χ0v) is 12.9. The van der Waals surface area contributed by atoms with Crippen molar-refractivity contribution >= 4 is 11.3 Å². The molecular weight excluding hydrogens is 256 g/mol. The van der Waals surface area contributed by atoms with Crippen molar-refractivity contribution in [3.05, 3.63) is 22.4 Å². The molecule has 1 aliphatic rings. The number of nitrogens with zero attached hydrogens (tertiary/aromatic N) is 1. The maximum atomic E-state index is 6.38. The van der Waals surface area contributed by atoms with E-state index in [-0.39, 0.29) is 6.04 Å². The summed E-state index contributed by atoms with van der Waals surface area (Å²) >= 11 is 1.76. The third-order valence-electron chi connectivity index (χ3n) is 3.97. The van der Waals surface area contributed by atoms with Gasteiger partial charge in [-0.15, -0.1) is 0 Å². The lowest BCUT2D eigenvalue weighted by Gasteiger charge is -2.40. The molecule has 2 N–H and O–H groups in total. The fourth-order valence-electron chi connectivity index (χ4n) is 2.99. The molecule has 0 aliphatic carbocycles. The number of rotatable bonds is 6. The third kappa shape index (κ3) is 3.78. The molecule has 0 aromatic carbocycles. The molecule has 2 rings (SSSR count). The lowest BCUT2D eigenvalue weighted by molar-refractivity contribution is -0.0115. The molecule has 3 unspecified atom stereocenters. The molecule has 1 fully saturated rings. The highest BCUT2D eigenvalue weighted by Gasteiger charge is 2.30. The Bertz CT molecular complexity index is 353. The average molecular weight is 282 g/mol. The van der Waals surface area contributed by atoms with Crippen molar-refractivity contribution in [2.24, 2.45) is 5.73 Å². The van der Waals surface area contributed by atoms with Gasteiger partial charge in [0.05, 0.1) is 12.1 Å². The van der Waals surface area contributed by atoms with Gasteiger partial charge in [0, 0.05) is 19.2 Å². The zero-order chi connectivity index (χ0) is 13.7. The minimum atomic E-state index is 0.204. The van der Waals surface area contributed by atoms with Crippen LogP contribution < -0.4 is 5.73 Å². The van der Waals surface area contributed by atoms with Crippen molar-refractivity contribution in [3.63, 3.8) is 0 Å². The molecule has 0 spiro atoms. The number of thiophene rings is 1. The predicted molar refractivity (Wildman–Crippen MR) is 81.5 cm³/mol. The van der Waals surface area contributed by atoms with Gasteiger partial charge >= 0.3 is 0 Å². The van der Waals surface area contributed by atoms with Gasteiger partial charge in [0.1, 0.15) is 0 Å². The molecule has 0 saturated carbocycles. The summed E-state index contributed by atoms with van der Waals surface area (Å²) < 4.78 is 5.81. The Morgan fingerprint density at radius 1 is 1.53 bits per heavy atom. The van der Waals surface area contributed by atoms with E-state index in [0.29, 0.717) is 12.1 Å². The number of piperidine rings is 1. The Hall–Kier alpha value is -0.420. The smallest absolute Gasteiger partial charge is 0.0702 e. The summed E-state index contributed by atoms with van der Waals surface area (Å²) in [6, 6.07) is 2.77. The second-order valence-corrected chi connectivity index (χ2v) is 6.07. The van der Waals surface area contributed by atoms with Gasteiger partial charge in [-0.25, -0.2) is 0 Å². The van der Waals surface area contributed by atoms with Gasteiger partial charge in [-0.05, 0) is 55.1 Å². The van der Waals surface area contributed by atoms with Crippen LogP contribution in [-0.4, -0.2) is 36.7 Å². The second-order valence-electron chi connectivity index (χ2n) is 5.29. The summed E-state index contributed by atoms with van der Waals surface area (Å²) in [4.78, 5) is 2.53. The standard InChI is InChI=1S/C15H26N2OS/c1-3-14(16)15(12-7-9-19-11-12)17-8-5-6-13(10-17)18-4-2/h7,9,11,13-15H,3-6,8,10,16H2,1-2H3. The number of hydrogen-bond donors (Lipinski definition) is 1. The quantitative estimate of drug-likeness (QED) is 0.871. The van der Waals surface area contributed by atoms with E-state index >= 15 is 0 Å². The highest BCUT2D eigenvalue weighted by atomic mass is 32.1. The Balaban J connectivity index is 2.09. The van der Waals surface area contributed by atoms with Gasteiger partial charge in [-0.1, -0.05) is 6.92 Å². The SMILES string of the molecule is CCOC1CCCN(C(c2ccsc2)C(N)CC)C1. The molecule has 2 heterocycles. The zero-order valence-electron chi connectivity index (χ0n) is 12.0. The summed E-state index contributed by atoms with van der Waals surface area (Å²) in [5, 5.41) is 4.39. The molecule has 108 valence electrons. The van der Waals surface area contributed by atoms with Crippen LogP contribution in [0.2, 0.25) is 0 Å². The topological polar surface area (TPSA) is 38.5 Å². The molecule has 3 nitrogen and oxygen atoms in total. The summed E-state index contributed by atoms with van der Waals surface area (Å²) in [7, 11) is 0. The first kappa shape index (κ1) is 15.0. The minimum Gasteiger partial charge on any atom is -0.377 e. The van der Waals surface area contributed by atoms with E-state index in [1.807, 2.05) is 0 Å². The van der Waals surface area contributed by atoms with Crippen LogP contribution >= 0.6 is 11.3 Å². The first-order valence-electron chi connectivity index (χ1n) is 7.39. The Labute approximate surface area is 120 Å². The highest BCUT2D eigenvalue weighted by molar-refractivity contribution is 7.07. The maximum Gasteiger partial charge on any atom is 0.0702 e. The van der Waals surface area contributed by atoms with E-state index in [9.17, 15) is 0 Å². The van der Waals surface area contributed by atoms with Crippen LogP contribution in [0.5, 0.6) is 0 Å². The van der Waals surface area contributed by atoms with E-state index in [1.54, 1.807) is 11.3 Å². The molecule has 0 amide bonds. The van der Waals surface area contributed by atoms with Crippen LogP contribution in [0.15, 0.2) is 16.8 Å². The van der Waals surface area contributed by atoms with Crippen LogP contribution in [0.25, 0.3) is 0 Å². The van der Waals surface area contributed by atoms with Crippen molar-refractivity contribution in [3.8, 4) is 0 Å². The molecule has 1 aliphatic heterocycles. The largest absolute Gasteiger partial charge is 0.377 e. The Morgan fingerprint density at radius 2 is 2.37 bits per heavy atom. The average Bonchev–Trinajstić information content (AvgIpc) is 2.93. The van der Waals surface area contributed by atoms with Crippen LogP contribution in [0.1, 0.15) is 44.7 Å². The van der Waals surface area contributed by atoms with E-state index < -0.39 is 0 Å². The van der Waals surface area contributed by atoms with E-state index in [1.165, 1.54) is 18.4 Å². The molecule has 4 heteroatoms. The van der Waals surface area contributed by atoms with E-state index in [4.69, 9.17) is 10.5 Å². The first-order valence-corrected chi connectivity index (χ1v) is 8.33. The van der Waals surface area contributed by atoms with Gasteiger partial charge in [-0.3, -0.25) is 4.90 Å². The van der Waals surface area contributed by atoms with Gasteiger partial charge in [-0.2, -0.15) is 11.3 Å². The lowest BCUT2D eigenvalue weighted by atomic mass is 9.95. The lowest BCUT2D eigenvalue weighted by Crippen LogP contribution is -2.47. The molecule has 1 aromatic rings. The molecule has 1 aromatic heterocycles. The minimum absolute atomic E-state index is 0.204. The van der Waals surface area contributed by atoms with Crippen molar-refractivity contribution in [2.45, 2.75) is 51.3 Å². The summed E-state index contributed by atoms with van der Waals surface area (Å²) in [6.45, 7) is 7.21. The normalized spacial score (nSPS) is 24.3. The molecule has 1 saturated heterocycles. The highest BCUT2D eigenvalue weighted by Crippen LogP contribution is 2.30. The van der Waals surface area contributed by atoms with Gasteiger partial charge in [0.25, 0.3) is 0 Å². The Kier molecular flexibility index (Phi) is 5.82. The van der Waals surface area contributed by atoms with Crippen LogP contribution in [-0.2, 0) is 4.74 Å². The van der Waals surface area contributed by atoms with Crippen LogP contribution in [0, 0.1) is 0 Å². The number of hydrogen-bond acceptors (Lipinski definition) is 4. The fraction of sp³-hybridized carbons (Fsp3) is 0.733. The third-order valence-corrected chi connectivity index (χ3v) is 4.67. The van der Waals surface area contributed by atoms with E-state index in [2.05, 4.69) is 35.6 Å². The van der Waals surface area contributed by atoms with Crippen LogP contribution in [0.3, 0.4) is 0 Å². The van der Waals surface area contributed by atoms with Crippen molar-refractivity contribution in [1.29, 1.82) is 0 Å². The molecular formula is C15H26N2OS. The number of likely N-dealkylation sites (tertiary alicyclic amines) is 1. The first-order chi connectivity index (χ1) is 9.26. The monoisotopic (exact) mass is 282 g/mol. The molecule has 0 bridgehead atoms. The molecule has 3 atom stereocenters. The Morgan fingerprint density at radius 3 is 3.00 bits per heavy atom. The van der Waals surface area contributed by atoms with Gasteiger partial charge in [0.15, 0.2) is 0 Å². The van der Waals surface area contributed by atoms with E-state index in [0.717, 1.165) is 26.1 Å². The van der Waals surface area contributed by atoms with Gasteiger partial charge < -0.3 is 10.5 Å². The van der Waals surface area contributed by atoms with Crippen molar-refractivity contribution in [2.75, 3.05) is 19.7 Å². The predicted octanol–water partition coefficient (Wildman–Crippen LogP) is 3.03. The van der Waals surface area contributed by atoms with Crippen molar-refractivity contribution in [1.82, 2.24) is 4.90 Å². The van der Waals surface area contributed by atoms with Crippen LogP contribution in [0.4, 0.5) is 0 Å². The summed E-state index contributed by atoms with van der Waals surface area (Å²) in [5.74, 6) is 0. The summed E-state index contributed by atoms with van der Waals surface area (Å²) in [6.07, 6.45) is 3.78. The summed E-state index contributed by atoms with van der Waals surface area (Å²) in [5.41, 5.74) is 7.75. The number of ether oxygens (including phenoxy) is 1. The second kappa shape index (κ2) is 7.39. The fourth-order valence-corrected chi connectivity index (χ4v) is 3.68. The maximum absolute atomic E-state index is 6.38. The number of nitrogens with two attached hydrogens (primary N) is 1. The van der Waals surface area contributed by atoms with Gasteiger partial charge in [0.2, 0.25) is 0 Å². The molecule has 19 heavy (non-hydrogen) atoms. The van der Waals surface area contributed by atoms with Crippen molar-refractivity contribution < 1.29 is 4.74 Å². The molecule has 0 radical (unpaired) electrons.